The SMILES string of the molecule is CCOC(=O)C(C)(F)C[C@H]1COC2(CCCCC2)O1. The monoisotopic (exact) mass is 274 g/mol. The van der Waals surface area contributed by atoms with E-state index >= 15 is 0 Å². The van der Waals surface area contributed by atoms with Gasteiger partial charge in [-0.15, -0.1) is 0 Å². The molecule has 1 heterocycles. The molecule has 0 aromatic heterocycles. The summed E-state index contributed by atoms with van der Waals surface area (Å²) in [7, 11) is 0. The highest BCUT2D eigenvalue weighted by molar-refractivity contribution is 5.78. The standard InChI is InChI=1S/C14H23FO4/c1-3-17-12(16)13(2,15)9-11-10-18-14(19-11)7-5-4-6-8-14/h11H,3-10H2,1-2H3/t11-,13?/m0/s1. The van der Waals surface area contributed by atoms with E-state index < -0.39 is 17.4 Å². The molecule has 1 spiro atoms. The van der Waals surface area contributed by atoms with Crippen LogP contribution in [0.1, 0.15) is 52.4 Å². The number of ether oxygens (including phenoxy) is 3. The van der Waals surface area contributed by atoms with Gasteiger partial charge in [0.25, 0.3) is 0 Å². The van der Waals surface area contributed by atoms with Crippen LogP contribution in [-0.2, 0) is 19.0 Å². The Morgan fingerprint density at radius 2 is 2.11 bits per heavy atom. The summed E-state index contributed by atoms with van der Waals surface area (Å²) in [6.07, 6.45) is 4.72. The van der Waals surface area contributed by atoms with E-state index in [0.29, 0.717) is 6.61 Å². The van der Waals surface area contributed by atoms with Gasteiger partial charge in [0.1, 0.15) is 0 Å². The number of hydrogen-bond donors (Lipinski definition) is 0. The molecular weight excluding hydrogens is 251 g/mol. The Bertz CT molecular complexity index is 323. The Morgan fingerprint density at radius 1 is 1.42 bits per heavy atom. The van der Waals surface area contributed by atoms with Crippen molar-refractivity contribution in [1.29, 1.82) is 0 Å². The molecular formula is C14H23FO4. The lowest BCUT2D eigenvalue weighted by Crippen LogP contribution is -2.38. The number of hydrogen-bond acceptors (Lipinski definition) is 4. The normalized spacial score (nSPS) is 29.1. The Balaban J connectivity index is 1.88. The predicted octanol–water partition coefficient (Wildman–Crippen LogP) is 2.74. The van der Waals surface area contributed by atoms with Crippen molar-refractivity contribution in [2.75, 3.05) is 13.2 Å². The smallest absolute Gasteiger partial charge is 0.343 e. The van der Waals surface area contributed by atoms with Crippen LogP contribution in [0.25, 0.3) is 0 Å². The average Bonchev–Trinajstić information content (AvgIpc) is 2.72. The number of alkyl halides is 1. The zero-order valence-electron chi connectivity index (χ0n) is 11.7. The molecule has 1 aliphatic carbocycles. The lowest BCUT2D eigenvalue weighted by Gasteiger charge is -2.32. The maximum absolute atomic E-state index is 14.3. The number of rotatable bonds is 4. The third-order valence-electron chi connectivity index (χ3n) is 3.84. The van der Waals surface area contributed by atoms with Crippen molar-refractivity contribution in [2.24, 2.45) is 0 Å². The molecule has 5 heteroatoms. The molecule has 1 saturated carbocycles. The highest BCUT2D eigenvalue weighted by Crippen LogP contribution is 2.39. The van der Waals surface area contributed by atoms with Crippen LogP contribution in [0.15, 0.2) is 0 Å². The third kappa shape index (κ3) is 3.45. The molecule has 1 aliphatic heterocycles. The van der Waals surface area contributed by atoms with Gasteiger partial charge in [-0.2, -0.15) is 0 Å². The largest absolute Gasteiger partial charge is 0.464 e. The summed E-state index contributed by atoms with van der Waals surface area (Å²) < 4.78 is 30.6. The molecule has 110 valence electrons. The second-order valence-corrected chi connectivity index (χ2v) is 5.64. The summed E-state index contributed by atoms with van der Waals surface area (Å²) in [5.41, 5.74) is -2.01. The second kappa shape index (κ2) is 5.75. The molecule has 0 amide bonds. The molecule has 2 aliphatic rings. The Hall–Kier alpha value is -0.680. The Kier molecular flexibility index (Phi) is 4.46. The minimum atomic E-state index is -2.01. The lowest BCUT2D eigenvalue weighted by molar-refractivity contribution is -0.191. The van der Waals surface area contributed by atoms with E-state index in [4.69, 9.17) is 14.2 Å². The molecule has 0 aromatic carbocycles. The molecule has 4 nitrogen and oxygen atoms in total. The van der Waals surface area contributed by atoms with Gasteiger partial charge < -0.3 is 14.2 Å². The first-order valence-electron chi connectivity index (χ1n) is 7.15. The van der Waals surface area contributed by atoms with Crippen molar-refractivity contribution in [3.8, 4) is 0 Å². The fourth-order valence-electron chi connectivity index (χ4n) is 2.86. The zero-order valence-corrected chi connectivity index (χ0v) is 11.7. The highest BCUT2D eigenvalue weighted by Gasteiger charge is 2.46. The van der Waals surface area contributed by atoms with Gasteiger partial charge in [0.2, 0.25) is 5.67 Å². The fraction of sp³-hybridized carbons (Fsp3) is 0.929. The maximum atomic E-state index is 14.3. The molecule has 2 rings (SSSR count). The minimum Gasteiger partial charge on any atom is -0.464 e. The van der Waals surface area contributed by atoms with E-state index in [9.17, 15) is 9.18 Å². The molecule has 1 saturated heterocycles. The minimum absolute atomic E-state index is 0.00637. The van der Waals surface area contributed by atoms with Crippen LogP contribution >= 0.6 is 0 Å². The lowest BCUT2D eigenvalue weighted by atomic mass is 9.94. The first-order valence-corrected chi connectivity index (χ1v) is 7.15. The molecule has 0 aromatic rings. The summed E-state index contributed by atoms with van der Waals surface area (Å²) >= 11 is 0. The highest BCUT2D eigenvalue weighted by atomic mass is 19.1. The van der Waals surface area contributed by atoms with Gasteiger partial charge in [-0.25, -0.2) is 9.18 Å². The van der Waals surface area contributed by atoms with Crippen LogP contribution in [0, 0.1) is 0 Å². The topological polar surface area (TPSA) is 44.8 Å². The molecule has 0 radical (unpaired) electrons. The van der Waals surface area contributed by atoms with E-state index in [-0.39, 0.29) is 19.1 Å². The second-order valence-electron chi connectivity index (χ2n) is 5.64. The van der Waals surface area contributed by atoms with Crippen molar-refractivity contribution in [3.63, 3.8) is 0 Å². The van der Waals surface area contributed by atoms with Crippen LogP contribution in [0.4, 0.5) is 4.39 Å². The summed E-state index contributed by atoms with van der Waals surface area (Å²) in [6, 6.07) is 0. The van der Waals surface area contributed by atoms with Gasteiger partial charge >= 0.3 is 5.97 Å². The third-order valence-corrected chi connectivity index (χ3v) is 3.84. The van der Waals surface area contributed by atoms with E-state index in [2.05, 4.69) is 0 Å². The van der Waals surface area contributed by atoms with Gasteiger partial charge in [0.05, 0.1) is 19.3 Å². The number of halogens is 1. The van der Waals surface area contributed by atoms with E-state index in [1.807, 2.05) is 0 Å². The summed E-state index contributed by atoms with van der Waals surface area (Å²) in [4.78, 5) is 11.5. The first-order chi connectivity index (χ1) is 8.97. The van der Waals surface area contributed by atoms with Crippen molar-refractivity contribution in [1.82, 2.24) is 0 Å². The summed E-state index contributed by atoms with van der Waals surface area (Å²) in [5, 5.41) is 0. The van der Waals surface area contributed by atoms with Crippen LogP contribution in [0.5, 0.6) is 0 Å². The number of esters is 1. The van der Waals surface area contributed by atoms with E-state index in [0.717, 1.165) is 25.7 Å². The van der Waals surface area contributed by atoms with Crippen molar-refractivity contribution in [2.45, 2.75) is 69.9 Å². The van der Waals surface area contributed by atoms with Crippen LogP contribution in [-0.4, -0.2) is 36.7 Å². The van der Waals surface area contributed by atoms with Gasteiger partial charge in [-0.3, -0.25) is 0 Å². The van der Waals surface area contributed by atoms with Gasteiger partial charge in [0.15, 0.2) is 5.79 Å². The molecule has 2 fully saturated rings. The Labute approximate surface area is 113 Å². The van der Waals surface area contributed by atoms with E-state index in [1.54, 1.807) is 6.92 Å². The molecule has 1 unspecified atom stereocenters. The predicted molar refractivity (Wildman–Crippen MR) is 67.4 cm³/mol. The molecule has 0 bridgehead atoms. The molecule has 2 atom stereocenters. The van der Waals surface area contributed by atoms with Gasteiger partial charge in [0, 0.05) is 19.3 Å². The van der Waals surface area contributed by atoms with Crippen LogP contribution in [0.2, 0.25) is 0 Å². The quantitative estimate of drug-likeness (QED) is 0.739. The number of carbonyl (C=O) groups excluding carboxylic acids is 1. The van der Waals surface area contributed by atoms with Crippen molar-refractivity contribution < 1.29 is 23.4 Å². The van der Waals surface area contributed by atoms with Crippen molar-refractivity contribution >= 4 is 5.97 Å². The molecule has 19 heavy (non-hydrogen) atoms. The van der Waals surface area contributed by atoms with Gasteiger partial charge in [-0.05, 0) is 26.7 Å². The Morgan fingerprint density at radius 3 is 2.74 bits per heavy atom. The maximum Gasteiger partial charge on any atom is 0.343 e. The van der Waals surface area contributed by atoms with Crippen LogP contribution in [0.3, 0.4) is 0 Å². The number of carbonyl (C=O) groups is 1. The van der Waals surface area contributed by atoms with Crippen LogP contribution < -0.4 is 0 Å². The summed E-state index contributed by atoms with van der Waals surface area (Å²) in [6.45, 7) is 3.46. The molecule has 0 N–H and O–H groups in total. The van der Waals surface area contributed by atoms with Gasteiger partial charge in [-0.1, -0.05) is 6.42 Å². The zero-order chi connectivity index (χ0) is 13.9. The summed E-state index contributed by atoms with van der Waals surface area (Å²) in [5.74, 6) is -1.34. The average molecular weight is 274 g/mol. The fourth-order valence-corrected chi connectivity index (χ4v) is 2.86. The van der Waals surface area contributed by atoms with Crippen molar-refractivity contribution in [3.05, 3.63) is 0 Å². The first kappa shape index (κ1) is 14.7. The van der Waals surface area contributed by atoms with E-state index in [1.165, 1.54) is 13.3 Å².